The number of hydrogen-bond donors (Lipinski definition) is 1. The van der Waals surface area contributed by atoms with Crippen molar-refractivity contribution in [1.29, 1.82) is 0 Å². The highest BCUT2D eigenvalue weighted by atomic mass is 16.5. The maximum Gasteiger partial charge on any atom is 0.122 e. The van der Waals surface area contributed by atoms with E-state index in [1.807, 2.05) is 25.1 Å². The molecule has 3 heteroatoms. The van der Waals surface area contributed by atoms with Gasteiger partial charge in [0, 0.05) is 11.7 Å². The molecular formula is C15H24N2O. The molecule has 1 unspecified atom stereocenters. The Balaban J connectivity index is 1.81. The molecule has 0 amide bonds. The zero-order valence-electron chi connectivity index (χ0n) is 11.5. The van der Waals surface area contributed by atoms with Gasteiger partial charge in [0.05, 0.1) is 6.61 Å². The van der Waals surface area contributed by atoms with Gasteiger partial charge >= 0.3 is 0 Å². The number of nitrogens with zero attached hydrogens (tertiary/aromatic N) is 1. The van der Waals surface area contributed by atoms with Crippen molar-refractivity contribution in [2.24, 2.45) is 0 Å². The Labute approximate surface area is 110 Å². The zero-order valence-corrected chi connectivity index (χ0v) is 11.5. The molecule has 1 heterocycles. The molecule has 0 radical (unpaired) electrons. The number of benzene rings is 1. The van der Waals surface area contributed by atoms with E-state index in [4.69, 9.17) is 10.5 Å². The summed E-state index contributed by atoms with van der Waals surface area (Å²) in [5, 5.41) is 0. The van der Waals surface area contributed by atoms with Crippen molar-refractivity contribution >= 4 is 5.69 Å². The first kappa shape index (κ1) is 13.2. The van der Waals surface area contributed by atoms with E-state index in [-0.39, 0.29) is 0 Å². The Morgan fingerprint density at radius 2 is 2.22 bits per heavy atom. The lowest BCUT2D eigenvalue weighted by atomic mass is 10.0. The van der Waals surface area contributed by atoms with Crippen LogP contribution < -0.4 is 10.5 Å². The summed E-state index contributed by atoms with van der Waals surface area (Å²) in [6.45, 7) is 4.06. The van der Waals surface area contributed by atoms with E-state index in [1.165, 1.54) is 25.8 Å². The SMILES string of the molecule is Cc1cc(N)ccc1OCCC1CCCCN1C. The average molecular weight is 248 g/mol. The van der Waals surface area contributed by atoms with Crippen LogP contribution in [0.5, 0.6) is 5.75 Å². The number of nitrogen functional groups attached to an aromatic ring is 1. The first-order valence-electron chi connectivity index (χ1n) is 6.86. The minimum Gasteiger partial charge on any atom is -0.493 e. The standard InChI is InChI=1S/C15H24N2O/c1-12-11-13(16)6-7-15(12)18-10-8-14-5-3-4-9-17(14)2/h6-7,11,14H,3-5,8-10,16H2,1-2H3. The molecule has 0 spiro atoms. The minimum atomic E-state index is 0.688. The summed E-state index contributed by atoms with van der Waals surface area (Å²) in [7, 11) is 2.22. The van der Waals surface area contributed by atoms with E-state index in [1.54, 1.807) is 0 Å². The summed E-state index contributed by atoms with van der Waals surface area (Å²) in [6.07, 6.45) is 5.11. The number of likely N-dealkylation sites (tertiary alicyclic amines) is 1. The van der Waals surface area contributed by atoms with Crippen LogP contribution in [0.25, 0.3) is 0 Å². The van der Waals surface area contributed by atoms with Crippen molar-refractivity contribution in [3.8, 4) is 5.75 Å². The molecule has 100 valence electrons. The Bertz CT molecular complexity index is 392. The fourth-order valence-electron chi connectivity index (χ4n) is 2.65. The van der Waals surface area contributed by atoms with Gasteiger partial charge in [0.1, 0.15) is 5.75 Å². The molecule has 1 atom stereocenters. The summed E-state index contributed by atoms with van der Waals surface area (Å²) in [5.41, 5.74) is 7.64. The Morgan fingerprint density at radius 3 is 2.94 bits per heavy atom. The lowest BCUT2D eigenvalue weighted by Gasteiger charge is -2.32. The van der Waals surface area contributed by atoms with Gasteiger partial charge in [-0.05, 0) is 63.5 Å². The van der Waals surface area contributed by atoms with Gasteiger partial charge in [-0.3, -0.25) is 0 Å². The van der Waals surface area contributed by atoms with Gasteiger partial charge in [0.15, 0.2) is 0 Å². The van der Waals surface area contributed by atoms with Crippen LogP contribution >= 0.6 is 0 Å². The summed E-state index contributed by atoms with van der Waals surface area (Å²) in [6, 6.07) is 6.51. The Morgan fingerprint density at radius 1 is 1.39 bits per heavy atom. The van der Waals surface area contributed by atoms with E-state index in [0.717, 1.165) is 30.0 Å². The lowest BCUT2D eigenvalue weighted by Crippen LogP contribution is -2.37. The second kappa shape index (κ2) is 6.10. The van der Waals surface area contributed by atoms with E-state index in [9.17, 15) is 0 Å². The number of rotatable bonds is 4. The molecule has 1 saturated heterocycles. The molecule has 1 fully saturated rings. The van der Waals surface area contributed by atoms with Gasteiger partial charge in [0.25, 0.3) is 0 Å². The van der Waals surface area contributed by atoms with Crippen LogP contribution in [0.1, 0.15) is 31.2 Å². The second-order valence-corrected chi connectivity index (χ2v) is 5.29. The van der Waals surface area contributed by atoms with Crippen LogP contribution in [-0.2, 0) is 0 Å². The molecule has 2 rings (SSSR count). The number of hydrogen-bond acceptors (Lipinski definition) is 3. The van der Waals surface area contributed by atoms with Gasteiger partial charge < -0.3 is 15.4 Å². The van der Waals surface area contributed by atoms with Crippen LogP contribution in [0, 0.1) is 6.92 Å². The predicted octanol–water partition coefficient (Wildman–Crippen LogP) is 2.83. The van der Waals surface area contributed by atoms with Crippen molar-refractivity contribution in [3.63, 3.8) is 0 Å². The molecule has 1 aliphatic rings. The monoisotopic (exact) mass is 248 g/mol. The summed E-state index contributed by atoms with van der Waals surface area (Å²) >= 11 is 0. The second-order valence-electron chi connectivity index (χ2n) is 5.29. The Kier molecular flexibility index (Phi) is 4.48. The molecule has 18 heavy (non-hydrogen) atoms. The van der Waals surface area contributed by atoms with E-state index in [0.29, 0.717) is 6.04 Å². The highest BCUT2D eigenvalue weighted by Crippen LogP contribution is 2.22. The highest BCUT2D eigenvalue weighted by Gasteiger charge is 2.18. The predicted molar refractivity (Wildman–Crippen MR) is 76.0 cm³/mol. The summed E-state index contributed by atoms with van der Waals surface area (Å²) < 4.78 is 5.86. The third kappa shape index (κ3) is 3.39. The Hall–Kier alpha value is -1.22. The van der Waals surface area contributed by atoms with Gasteiger partial charge in [-0.2, -0.15) is 0 Å². The van der Waals surface area contributed by atoms with Crippen LogP contribution in [0.2, 0.25) is 0 Å². The van der Waals surface area contributed by atoms with Gasteiger partial charge in [-0.15, -0.1) is 0 Å². The molecule has 1 aromatic carbocycles. The van der Waals surface area contributed by atoms with Crippen molar-refractivity contribution in [3.05, 3.63) is 23.8 Å². The smallest absolute Gasteiger partial charge is 0.122 e. The molecule has 0 aromatic heterocycles. The molecule has 2 N–H and O–H groups in total. The van der Waals surface area contributed by atoms with Gasteiger partial charge in [0.2, 0.25) is 0 Å². The molecule has 1 aromatic rings. The molecule has 1 aliphatic heterocycles. The molecule has 0 saturated carbocycles. The zero-order chi connectivity index (χ0) is 13.0. The minimum absolute atomic E-state index is 0.688. The van der Waals surface area contributed by atoms with E-state index >= 15 is 0 Å². The van der Waals surface area contributed by atoms with Crippen LogP contribution in [0.15, 0.2) is 18.2 Å². The third-order valence-electron chi connectivity index (χ3n) is 3.83. The van der Waals surface area contributed by atoms with Crippen molar-refractivity contribution in [2.75, 3.05) is 25.9 Å². The molecular weight excluding hydrogens is 224 g/mol. The van der Waals surface area contributed by atoms with E-state index in [2.05, 4.69) is 11.9 Å². The first-order chi connectivity index (χ1) is 8.66. The van der Waals surface area contributed by atoms with Gasteiger partial charge in [-0.1, -0.05) is 6.42 Å². The first-order valence-corrected chi connectivity index (χ1v) is 6.86. The molecule has 0 bridgehead atoms. The maximum atomic E-state index is 5.86. The largest absolute Gasteiger partial charge is 0.493 e. The average Bonchev–Trinajstić information content (AvgIpc) is 2.34. The van der Waals surface area contributed by atoms with Crippen LogP contribution in [0.4, 0.5) is 5.69 Å². The normalized spacial score (nSPS) is 20.9. The summed E-state index contributed by atoms with van der Waals surface area (Å²) in [4.78, 5) is 2.46. The fourth-order valence-corrected chi connectivity index (χ4v) is 2.65. The van der Waals surface area contributed by atoms with Crippen molar-refractivity contribution in [2.45, 2.75) is 38.6 Å². The van der Waals surface area contributed by atoms with Crippen molar-refractivity contribution < 1.29 is 4.74 Å². The van der Waals surface area contributed by atoms with Crippen LogP contribution in [0.3, 0.4) is 0 Å². The quantitative estimate of drug-likeness (QED) is 0.833. The summed E-state index contributed by atoms with van der Waals surface area (Å²) in [5.74, 6) is 0.961. The lowest BCUT2D eigenvalue weighted by molar-refractivity contribution is 0.153. The number of ether oxygens (including phenoxy) is 1. The molecule has 0 aliphatic carbocycles. The van der Waals surface area contributed by atoms with Crippen LogP contribution in [-0.4, -0.2) is 31.1 Å². The number of nitrogens with two attached hydrogens (primary N) is 1. The number of aryl methyl sites for hydroxylation is 1. The number of anilines is 1. The van der Waals surface area contributed by atoms with E-state index < -0.39 is 0 Å². The number of piperidine rings is 1. The topological polar surface area (TPSA) is 38.5 Å². The van der Waals surface area contributed by atoms with Crippen molar-refractivity contribution in [1.82, 2.24) is 4.90 Å². The highest BCUT2D eigenvalue weighted by molar-refractivity contribution is 5.47. The fraction of sp³-hybridized carbons (Fsp3) is 0.600. The molecule has 3 nitrogen and oxygen atoms in total. The third-order valence-corrected chi connectivity index (χ3v) is 3.83. The van der Waals surface area contributed by atoms with Gasteiger partial charge in [-0.25, -0.2) is 0 Å². The maximum absolute atomic E-state index is 5.86.